The first-order valence-corrected chi connectivity index (χ1v) is 6.92. The molecule has 0 aliphatic rings. The van der Waals surface area contributed by atoms with Crippen LogP contribution in [0.5, 0.6) is 0 Å². The molecule has 0 unspecified atom stereocenters. The molecule has 1 heterocycles. The number of aliphatic carboxylic acids is 1. The minimum Gasteiger partial charge on any atom is -0.480 e. The predicted molar refractivity (Wildman–Crippen MR) is 64.4 cm³/mol. The van der Waals surface area contributed by atoms with Crippen LogP contribution in [0.1, 0.15) is 17.9 Å². The van der Waals surface area contributed by atoms with Gasteiger partial charge in [-0.1, -0.05) is 5.16 Å². The summed E-state index contributed by atoms with van der Waals surface area (Å²) in [5.74, 6) is -2.32. The van der Waals surface area contributed by atoms with Crippen molar-refractivity contribution in [2.24, 2.45) is 0 Å². The first kappa shape index (κ1) is 16.1. The SMILES string of the molecule is COC(=O)C[C@H](NS(=O)(=O)c1c(C)noc1C)C(=O)O. The molecule has 0 aromatic carbocycles. The van der Waals surface area contributed by atoms with E-state index in [4.69, 9.17) is 9.63 Å². The molecule has 0 fully saturated rings. The van der Waals surface area contributed by atoms with Crippen LogP contribution in [0.4, 0.5) is 0 Å². The van der Waals surface area contributed by atoms with Crippen LogP contribution in [-0.4, -0.2) is 43.8 Å². The highest BCUT2D eigenvalue weighted by Crippen LogP contribution is 2.19. The average Bonchev–Trinajstić information content (AvgIpc) is 2.68. The second-order valence-electron chi connectivity index (χ2n) is 3.95. The Morgan fingerprint density at radius 2 is 2.05 bits per heavy atom. The molecule has 1 aromatic rings. The number of aryl methyl sites for hydroxylation is 2. The van der Waals surface area contributed by atoms with Crippen molar-refractivity contribution in [1.29, 1.82) is 0 Å². The summed E-state index contributed by atoms with van der Waals surface area (Å²) in [6.45, 7) is 2.78. The van der Waals surface area contributed by atoms with Crippen LogP contribution < -0.4 is 4.72 Å². The van der Waals surface area contributed by atoms with Crippen LogP contribution in [0.2, 0.25) is 0 Å². The van der Waals surface area contributed by atoms with Crippen LogP contribution >= 0.6 is 0 Å². The molecule has 9 nitrogen and oxygen atoms in total. The minimum absolute atomic E-state index is 0.0252. The molecule has 112 valence electrons. The monoisotopic (exact) mass is 306 g/mol. The van der Waals surface area contributed by atoms with Crippen LogP contribution in [0.3, 0.4) is 0 Å². The van der Waals surface area contributed by atoms with E-state index < -0.39 is 34.4 Å². The van der Waals surface area contributed by atoms with Gasteiger partial charge in [-0.2, -0.15) is 4.72 Å². The summed E-state index contributed by atoms with van der Waals surface area (Å²) in [4.78, 5) is 21.8. The molecule has 1 aromatic heterocycles. The van der Waals surface area contributed by atoms with E-state index in [2.05, 4.69) is 9.89 Å². The van der Waals surface area contributed by atoms with Gasteiger partial charge >= 0.3 is 11.9 Å². The van der Waals surface area contributed by atoms with E-state index in [0.717, 1.165) is 7.11 Å². The standard InChI is InChI=1S/C10H14N2O7S/c1-5-9(6(2)19-11-5)20(16,17)12-7(10(14)15)4-8(13)18-3/h7,12H,4H2,1-3H3,(H,14,15)/t7-/m0/s1. The Morgan fingerprint density at radius 1 is 1.45 bits per heavy atom. The smallest absolute Gasteiger partial charge is 0.322 e. The average molecular weight is 306 g/mol. The maximum atomic E-state index is 12.1. The fraction of sp³-hybridized carbons (Fsp3) is 0.500. The van der Waals surface area contributed by atoms with Crippen molar-refractivity contribution in [3.05, 3.63) is 11.5 Å². The van der Waals surface area contributed by atoms with Gasteiger partial charge in [0.05, 0.1) is 13.5 Å². The number of sulfonamides is 1. The van der Waals surface area contributed by atoms with E-state index in [1.54, 1.807) is 0 Å². The van der Waals surface area contributed by atoms with E-state index in [0.29, 0.717) is 0 Å². The Balaban J connectivity index is 3.04. The summed E-state index contributed by atoms with van der Waals surface area (Å²) in [5, 5.41) is 12.4. The number of esters is 1. The zero-order valence-electron chi connectivity index (χ0n) is 11.0. The lowest BCUT2D eigenvalue weighted by Gasteiger charge is -2.13. The molecule has 0 aliphatic heterocycles. The van der Waals surface area contributed by atoms with Gasteiger partial charge in [-0.25, -0.2) is 8.42 Å². The van der Waals surface area contributed by atoms with E-state index in [1.165, 1.54) is 13.8 Å². The van der Waals surface area contributed by atoms with Gasteiger partial charge in [-0.15, -0.1) is 0 Å². The number of aromatic nitrogens is 1. The third kappa shape index (κ3) is 3.54. The first-order valence-electron chi connectivity index (χ1n) is 5.44. The van der Waals surface area contributed by atoms with Gasteiger partial charge in [0.1, 0.15) is 16.6 Å². The van der Waals surface area contributed by atoms with Gasteiger partial charge in [-0.05, 0) is 13.8 Å². The highest BCUT2D eigenvalue weighted by Gasteiger charge is 2.31. The van der Waals surface area contributed by atoms with Gasteiger partial charge in [-0.3, -0.25) is 9.59 Å². The van der Waals surface area contributed by atoms with Crippen molar-refractivity contribution in [3.63, 3.8) is 0 Å². The molecule has 0 saturated carbocycles. The molecule has 1 atom stereocenters. The van der Waals surface area contributed by atoms with Gasteiger partial charge < -0.3 is 14.4 Å². The Morgan fingerprint density at radius 3 is 2.45 bits per heavy atom. The van der Waals surface area contributed by atoms with Crippen molar-refractivity contribution >= 4 is 22.0 Å². The number of nitrogens with one attached hydrogen (secondary N) is 1. The van der Waals surface area contributed by atoms with Crippen LogP contribution in [-0.2, 0) is 24.3 Å². The summed E-state index contributed by atoms with van der Waals surface area (Å²) >= 11 is 0. The number of ether oxygens (including phenoxy) is 1. The highest BCUT2D eigenvalue weighted by atomic mass is 32.2. The second kappa shape index (κ2) is 6.01. The fourth-order valence-electron chi connectivity index (χ4n) is 1.53. The van der Waals surface area contributed by atoms with Crippen molar-refractivity contribution < 1.29 is 32.4 Å². The quantitative estimate of drug-likeness (QED) is 0.677. The molecular weight excluding hydrogens is 292 g/mol. The third-order valence-electron chi connectivity index (χ3n) is 2.43. The molecule has 2 N–H and O–H groups in total. The summed E-state index contributed by atoms with van der Waals surface area (Å²) in [7, 11) is -3.10. The topological polar surface area (TPSA) is 136 Å². The maximum absolute atomic E-state index is 12.1. The maximum Gasteiger partial charge on any atom is 0.322 e. The second-order valence-corrected chi connectivity index (χ2v) is 5.60. The molecule has 0 spiro atoms. The number of nitrogens with zero attached hydrogens (tertiary/aromatic N) is 1. The van der Waals surface area contributed by atoms with E-state index in [9.17, 15) is 18.0 Å². The van der Waals surface area contributed by atoms with Gasteiger partial charge in [0.15, 0.2) is 5.76 Å². The van der Waals surface area contributed by atoms with E-state index in [1.807, 2.05) is 4.72 Å². The van der Waals surface area contributed by atoms with E-state index >= 15 is 0 Å². The molecular formula is C10H14N2O7S. The largest absolute Gasteiger partial charge is 0.480 e. The fourth-order valence-corrected chi connectivity index (χ4v) is 3.05. The summed E-state index contributed by atoms with van der Waals surface area (Å²) in [5.41, 5.74) is 0.0946. The molecule has 10 heteroatoms. The lowest BCUT2D eigenvalue weighted by atomic mass is 10.2. The molecule has 0 saturated heterocycles. The number of hydrogen-bond acceptors (Lipinski definition) is 7. The zero-order valence-corrected chi connectivity index (χ0v) is 11.9. The number of carbonyl (C=O) groups is 2. The van der Waals surface area contributed by atoms with E-state index in [-0.39, 0.29) is 16.3 Å². The number of methoxy groups -OCH3 is 1. The molecule has 20 heavy (non-hydrogen) atoms. The van der Waals surface area contributed by atoms with Crippen molar-refractivity contribution in [2.45, 2.75) is 31.2 Å². The van der Waals surface area contributed by atoms with Crippen LogP contribution in [0.15, 0.2) is 9.42 Å². The van der Waals surface area contributed by atoms with Crippen molar-refractivity contribution in [2.75, 3.05) is 7.11 Å². The Labute approximate surface area is 114 Å². The van der Waals surface area contributed by atoms with Crippen molar-refractivity contribution in [3.8, 4) is 0 Å². The molecule has 0 amide bonds. The van der Waals surface area contributed by atoms with Gasteiger partial charge in [0.2, 0.25) is 10.0 Å². The van der Waals surface area contributed by atoms with Gasteiger partial charge in [0.25, 0.3) is 0 Å². The highest BCUT2D eigenvalue weighted by molar-refractivity contribution is 7.89. The normalized spacial score (nSPS) is 12.9. The summed E-state index contributed by atoms with van der Waals surface area (Å²) in [6.07, 6.45) is -0.631. The van der Waals surface area contributed by atoms with Crippen LogP contribution in [0, 0.1) is 13.8 Å². The first-order chi connectivity index (χ1) is 9.19. The Bertz CT molecular complexity index is 600. The Kier molecular flexibility index (Phi) is 4.84. The number of carboxylic acids is 1. The lowest BCUT2D eigenvalue weighted by Crippen LogP contribution is -2.42. The summed E-state index contributed by atoms with van der Waals surface area (Å²) < 4.78 is 35.1. The molecule has 0 radical (unpaired) electrons. The number of hydrogen-bond donors (Lipinski definition) is 2. The third-order valence-corrected chi connectivity index (χ3v) is 4.15. The minimum atomic E-state index is -4.17. The molecule has 0 aliphatic carbocycles. The summed E-state index contributed by atoms with van der Waals surface area (Å²) in [6, 6.07) is -1.64. The zero-order chi connectivity index (χ0) is 15.5. The van der Waals surface area contributed by atoms with Crippen LogP contribution in [0.25, 0.3) is 0 Å². The number of carboxylic acid groups (broad SMARTS) is 1. The molecule has 0 bridgehead atoms. The molecule has 1 rings (SSSR count). The van der Waals surface area contributed by atoms with Crippen molar-refractivity contribution in [1.82, 2.24) is 9.88 Å². The Hall–Kier alpha value is -1.94. The number of rotatable bonds is 6. The lowest BCUT2D eigenvalue weighted by molar-refractivity contribution is -0.147. The van der Waals surface area contributed by atoms with Gasteiger partial charge in [0, 0.05) is 0 Å². The number of carbonyl (C=O) groups excluding carboxylic acids is 1. The predicted octanol–water partition coefficient (Wildman–Crippen LogP) is -0.414.